The first-order chi connectivity index (χ1) is 10.1. The van der Waals surface area contributed by atoms with Crippen LogP contribution in [0.3, 0.4) is 0 Å². The zero-order valence-corrected chi connectivity index (χ0v) is 15.6. The van der Waals surface area contributed by atoms with Crippen LogP contribution in [0.25, 0.3) is 0 Å². The standard InChI is InChI=1S/C17H19Br2NO/c1-4-20-17(13-6-5-7-15(18)11(13)2)14-9-8-12(21-3)10-16(14)19/h5-10,17,20H,4H2,1-3H3. The molecular formula is C17H19Br2NO. The second-order valence-corrected chi connectivity index (χ2v) is 6.54. The molecule has 0 aliphatic heterocycles. The van der Waals surface area contributed by atoms with Gasteiger partial charge in [0.05, 0.1) is 13.2 Å². The smallest absolute Gasteiger partial charge is 0.120 e. The van der Waals surface area contributed by atoms with E-state index >= 15 is 0 Å². The van der Waals surface area contributed by atoms with E-state index in [4.69, 9.17) is 4.74 Å². The number of rotatable bonds is 5. The number of methoxy groups -OCH3 is 1. The molecule has 4 heteroatoms. The average molecular weight is 413 g/mol. The summed E-state index contributed by atoms with van der Waals surface area (Å²) in [5, 5.41) is 3.57. The van der Waals surface area contributed by atoms with Crippen molar-refractivity contribution in [2.24, 2.45) is 0 Å². The third kappa shape index (κ3) is 3.68. The van der Waals surface area contributed by atoms with Crippen molar-refractivity contribution in [3.63, 3.8) is 0 Å². The molecule has 0 bridgehead atoms. The Hall–Kier alpha value is -0.840. The first-order valence-corrected chi connectivity index (χ1v) is 8.49. The van der Waals surface area contributed by atoms with Gasteiger partial charge in [-0.1, -0.05) is 57.0 Å². The number of nitrogens with one attached hydrogen (secondary N) is 1. The van der Waals surface area contributed by atoms with Gasteiger partial charge >= 0.3 is 0 Å². The first-order valence-electron chi connectivity index (χ1n) is 6.90. The van der Waals surface area contributed by atoms with Gasteiger partial charge in [-0.25, -0.2) is 0 Å². The molecule has 0 saturated heterocycles. The van der Waals surface area contributed by atoms with E-state index in [2.05, 4.69) is 75.3 Å². The van der Waals surface area contributed by atoms with E-state index in [9.17, 15) is 0 Å². The molecule has 1 unspecified atom stereocenters. The molecule has 2 aromatic carbocycles. The summed E-state index contributed by atoms with van der Waals surface area (Å²) in [6, 6.07) is 12.6. The lowest BCUT2D eigenvalue weighted by Crippen LogP contribution is -2.23. The highest BCUT2D eigenvalue weighted by molar-refractivity contribution is 9.10. The highest BCUT2D eigenvalue weighted by atomic mass is 79.9. The molecule has 2 rings (SSSR count). The van der Waals surface area contributed by atoms with Crippen molar-refractivity contribution in [3.8, 4) is 5.75 Å². The predicted molar refractivity (Wildman–Crippen MR) is 95.1 cm³/mol. The van der Waals surface area contributed by atoms with E-state index in [1.807, 2.05) is 12.1 Å². The molecule has 2 nitrogen and oxygen atoms in total. The lowest BCUT2D eigenvalue weighted by atomic mass is 9.95. The Bertz CT molecular complexity index is 628. The maximum atomic E-state index is 5.28. The van der Waals surface area contributed by atoms with Crippen LogP contribution in [-0.4, -0.2) is 13.7 Å². The molecule has 112 valence electrons. The highest BCUT2D eigenvalue weighted by Gasteiger charge is 2.19. The molecule has 0 heterocycles. The fourth-order valence-electron chi connectivity index (χ4n) is 2.40. The van der Waals surface area contributed by atoms with E-state index in [1.165, 1.54) is 16.7 Å². The van der Waals surface area contributed by atoms with Crippen molar-refractivity contribution < 1.29 is 4.74 Å². The Morgan fingerprint density at radius 1 is 1.10 bits per heavy atom. The van der Waals surface area contributed by atoms with Crippen LogP contribution in [0.4, 0.5) is 0 Å². The molecule has 1 atom stereocenters. The molecule has 1 N–H and O–H groups in total. The lowest BCUT2D eigenvalue weighted by molar-refractivity contribution is 0.414. The molecule has 0 fully saturated rings. The van der Waals surface area contributed by atoms with Crippen LogP contribution in [0.5, 0.6) is 5.75 Å². The minimum absolute atomic E-state index is 0.146. The second-order valence-electron chi connectivity index (χ2n) is 4.83. The number of halogens is 2. The molecule has 0 radical (unpaired) electrons. The summed E-state index contributed by atoms with van der Waals surface area (Å²) >= 11 is 7.29. The summed E-state index contributed by atoms with van der Waals surface area (Å²) in [6.07, 6.45) is 0. The van der Waals surface area contributed by atoms with E-state index in [0.29, 0.717) is 0 Å². The van der Waals surface area contributed by atoms with Gasteiger partial charge < -0.3 is 10.1 Å². The van der Waals surface area contributed by atoms with Gasteiger partial charge in [0.2, 0.25) is 0 Å². The zero-order valence-electron chi connectivity index (χ0n) is 12.4. The number of hydrogen-bond donors (Lipinski definition) is 1. The lowest BCUT2D eigenvalue weighted by Gasteiger charge is -2.23. The molecule has 0 amide bonds. The average Bonchev–Trinajstić information content (AvgIpc) is 2.48. The summed E-state index contributed by atoms with van der Waals surface area (Å²) < 4.78 is 7.46. The van der Waals surface area contributed by atoms with Gasteiger partial charge in [0.1, 0.15) is 5.75 Å². The Kier molecular flexibility index (Phi) is 5.85. The van der Waals surface area contributed by atoms with Gasteiger partial charge in [0.15, 0.2) is 0 Å². The van der Waals surface area contributed by atoms with Crippen LogP contribution in [-0.2, 0) is 0 Å². The van der Waals surface area contributed by atoms with Gasteiger partial charge in [0, 0.05) is 8.95 Å². The predicted octanol–water partition coefficient (Wildman–Crippen LogP) is 5.23. The Morgan fingerprint density at radius 2 is 1.86 bits per heavy atom. The molecule has 2 aromatic rings. The maximum Gasteiger partial charge on any atom is 0.120 e. The van der Waals surface area contributed by atoms with Crippen LogP contribution < -0.4 is 10.1 Å². The number of ether oxygens (including phenoxy) is 1. The second kappa shape index (κ2) is 7.43. The Labute approximate surface area is 143 Å². The molecule has 0 aliphatic rings. The minimum atomic E-state index is 0.146. The fourth-order valence-corrected chi connectivity index (χ4v) is 3.37. The summed E-state index contributed by atoms with van der Waals surface area (Å²) in [5.74, 6) is 0.854. The first kappa shape index (κ1) is 16.5. The summed E-state index contributed by atoms with van der Waals surface area (Å²) in [4.78, 5) is 0. The van der Waals surface area contributed by atoms with Gasteiger partial charge in [-0.15, -0.1) is 0 Å². The topological polar surface area (TPSA) is 21.3 Å². The highest BCUT2D eigenvalue weighted by Crippen LogP contribution is 2.34. The maximum absolute atomic E-state index is 5.28. The summed E-state index contributed by atoms with van der Waals surface area (Å²) in [7, 11) is 1.68. The molecule has 21 heavy (non-hydrogen) atoms. The molecule has 0 saturated carbocycles. The SMILES string of the molecule is CCNC(c1ccc(OC)cc1Br)c1cccc(Br)c1C. The third-order valence-corrected chi connectivity index (χ3v) is 5.09. The van der Waals surface area contributed by atoms with Crippen molar-refractivity contribution in [1.82, 2.24) is 5.32 Å². The van der Waals surface area contributed by atoms with Crippen molar-refractivity contribution >= 4 is 31.9 Å². The minimum Gasteiger partial charge on any atom is -0.497 e. The van der Waals surface area contributed by atoms with Gasteiger partial charge in [-0.3, -0.25) is 0 Å². The van der Waals surface area contributed by atoms with E-state index in [0.717, 1.165) is 21.2 Å². The van der Waals surface area contributed by atoms with Crippen LogP contribution in [0, 0.1) is 6.92 Å². The van der Waals surface area contributed by atoms with E-state index in [-0.39, 0.29) is 6.04 Å². The van der Waals surface area contributed by atoms with Crippen LogP contribution >= 0.6 is 31.9 Å². The summed E-state index contributed by atoms with van der Waals surface area (Å²) in [6.45, 7) is 5.16. The Balaban J connectivity index is 2.51. The summed E-state index contributed by atoms with van der Waals surface area (Å²) in [5.41, 5.74) is 3.74. The monoisotopic (exact) mass is 411 g/mol. The van der Waals surface area contributed by atoms with E-state index < -0.39 is 0 Å². The molecular weight excluding hydrogens is 394 g/mol. The van der Waals surface area contributed by atoms with Crippen molar-refractivity contribution in [3.05, 3.63) is 62.0 Å². The van der Waals surface area contributed by atoms with Gasteiger partial charge in [0.25, 0.3) is 0 Å². The van der Waals surface area contributed by atoms with Gasteiger partial charge in [-0.05, 0) is 48.4 Å². The number of benzene rings is 2. The van der Waals surface area contributed by atoms with E-state index in [1.54, 1.807) is 7.11 Å². The number of hydrogen-bond acceptors (Lipinski definition) is 2. The normalized spacial score (nSPS) is 12.2. The Morgan fingerprint density at radius 3 is 2.48 bits per heavy atom. The van der Waals surface area contributed by atoms with Crippen LogP contribution in [0.2, 0.25) is 0 Å². The van der Waals surface area contributed by atoms with Gasteiger partial charge in [-0.2, -0.15) is 0 Å². The molecule has 0 spiro atoms. The molecule has 0 aromatic heterocycles. The largest absolute Gasteiger partial charge is 0.497 e. The quantitative estimate of drug-likeness (QED) is 0.725. The molecule has 0 aliphatic carbocycles. The van der Waals surface area contributed by atoms with Crippen LogP contribution in [0.15, 0.2) is 45.3 Å². The zero-order chi connectivity index (χ0) is 15.4. The fraction of sp³-hybridized carbons (Fsp3) is 0.294. The van der Waals surface area contributed by atoms with Crippen LogP contribution in [0.1, 0.15) is 29.7 Å². The van der Waals surface area contributed by atoms with Crippen molar-refractivity contribution in [2.45, 2.75) is 19.9 Å². The van der Waals surface area contributed by atoms with Crippen molar-refractivity contribution in [2.75, 3.05) is 13.7 Å². The van der Waals surface area contributed by atoms with Crippen molar-refractivity contribution in [1.29, 1.82) is 0 Å². The third-order valence-electron chi connectivity index (χ3n) is 3.55.